The van der Waals surface area contributed by atoms with Crippen molar-refractivity contribution in [1.29, 1.82) is 0 Å². The van der Waals surface area contributed by atoms with Crippen molar-refractivity contribution in [3.05, 3.63) is 35.4 Å². The Bertz CT molecular complexity index is 327. The van der Waals surface area contributed by atoms with E-state index in [0.29, 0.717) is 6.10 Å². The van der Waals surface area contributed by atoms with Crippen molar-refractivity contribution in [2.24, 2.45) is 5.73 Å². The monoisotopic (exact) mass is 233 g/mol. The molecule has 0 amide bonds. The van der Waals surface area contributed by atoms with Crippen LogP contribution in [0.15, 0.2) is 24.3 Å². The number of benzene rings is 1. The highest BCUT2D eigenvalue weighted by Gasteiger charge is 2.15. The molecule has 2 unspecified atom stereocenters. The first-order valence-electron chi connectivity index (χ1n) is 6.69. The molecule has 2 N–H and O–H groups in total. The molecule has 0 spiro atoms. The minimum Gasteiger partial charge on any atom is -0.378 e. The third kappa shape index (κ3) is 3.83. The Morgan fingerprint density at radius 1 is 1.35 bits per heavy atom. The van der Waals surface area contributed by atoms with E-state index in [4.69, 9.17) is 10.5 Å². The van der Waals surface area contributed by atoms with Crippen molar-refractivity contribution in [3.63, 3.8) is 0 Å². The van der Waals surface area contributed by atoms with Crippen LogP contribution in [0.3, 0.4) is 0 Å². The summed E-state index contributed by atoms with van der Waals surface area (Å²) >= 11 is 0. The van der Waals surface area contributed by atoms with Gasteiger partial charge in [-0.25, -0.2) is 0 Å². The minimum atomic E-state index is 0.178. The Hall–Kier alpha value is -0.860. The van der Waals surface area contributed by atoms with Gasteiger partial charge in [0.25, 0.3) is 0 Å². The molecule has 1 aromatic rings. The van der Waals surface area contributed by atoms with Crippen LogP contribution < -0.4 is 5.73 Å². The Labute approximate surface area is 104 Å². The number of aryl methyl sites for hydroxylation is 1. The molecular weight excluding hydrogens is 210 g/mol. The molecule has 17 heavy (non-hydrogen) atoms. The molecule has 2 heteroatoms. The van der Waals surface area contributed by atoms with Gasteiger partial charge in [0.05, 0.1) is 6.10 Å². The largest absolute Gasteiger partial charge is 0.378 e. The minimum absolute atomic E-state index is 0.178. The molecule has 2 atom stereocenters. The molecule has 0 saturated carbocycles. The van der Waals surface area contributed by atoms with Crippen LogP contribution >= 0.6 is 0 Å². The van der Waals surface area contributed by atoms with Gasteiger partial charge in [-0.2, -0.15) is 0 Å². The molecule has 0 aromatic heterocycles. The van der Waals surface area contributed by atoms with E-state index in [1.165, 1.54) is 36.8 Å². The topological polar surface area (TPSA) is 35.2 Å². The van der Waals surface area contributed by atoms with Crippen molar-refractivity contribution < 1.29 is 4.74 Å². The van der Waals surface area contributed by atoms with Gasteiger partial charge in [0.1, 0.15) is 0 Å². The van der Waals surface area contributed by atoms with E-state index in [-0.39, 0.29) is 6.04 Å². The van der Waals surface area contributed by atoms with Crippen LogP contribution in [0.2, 0.25) is 0 Å². The van der Waals surface area contributed by atoms with Crippen LogP contribution in [0, 0.1) is 6.92 Å². The van der Waals surface area contributed by atoms with Gasteiger partial charge in [-0.15, -0.1) is 0 Å². The number of nitrogens with two attached hydrogens (primary N) is 1. The molecule has 2 nitrogen and oxygen atoms in total. The third-order valence-corrected chi connectivity index (χ3v) is 3.57. The van der Waals surface area contributed by atoms with Gasteiger partial charge in [0.2, 0.25) is 0 Å². The van der Waals surface area contributed by atoms with Gasteiger partial charge >= 0.3 is 0 Å². The molecule has 0 bridgehead atoms. The third-order valence-electron chi connectivity index (χ3n) is 3.57. The van der Waals surface area contributed by atoms with E-state index in [0.717, 1.165) is 13.0 Å². The number of rotatable bonds is 5. The highest BCUT2D eigenvalue weighted by Crippen LogP contribution is 2.21. The maximum absolute atomic E-state index is 6.19. The molecule has 1 aromatic carbocycles. The lowest BCUT2D eigenvalue weighted by molar-refractivity contribution is 0.101. The Morgan fingerprint density at radius 3 is 2.76 bits per heavy atom. The van der Waals surface area contributed by atoms with Gasteiger partial charge in [-0.1, -0.05) is 29.8 Å². The quantitative estimate of drug-likeness (QED) is 0.846. The van der Waals surface area contributed by atoms with Crippen molar-refractivity contribution in [1.82, 2.24) is 0 Å². The van der Waals surface area contributed by atoms with Gasteiger partial charge in [-0.05, 0) is 44.6 Å². The lowest BCUT2D eigenvalue weighted by atomic mass is 9.99. The summed E-state index contributed by atoms with van der Waals surface area (Å²) in [5.41, 5.74) is 8.73. The maximum Gasteiger partial charge on any atom is 0.0576 e. The summed E-state index contributed by atoms with van der Waals surface area (Å²) < 4.78 is 5.62. The molecule has 1 aliphatic heterocycles. The molecule has 0 aliphatic carbocycles. The average Bonchev–Trinajstić information content (AvgIpc) is 2.83. The molecular formula is C15H23NO. The average molecular weight is 233 g/mol. The molecule has 94 valence electrons. The van der Waals surface area contributed by atoms with Crippen LogP contribution in [-0.2, 0) is 4.74 Å². The SMILES string of the molecule is Cc1ccc(C(N)CCCC2CCCO2)cc1. The fourth-order valence-electron chi connectivity index (χ4n) is 2.42. The summed E-state index contributed by atoms with van der Waals surface area (Å²) in [5.74, 6) is 0. The highest BCUT2D eigenvalue weighted by atomic mass is 16.5. The summed E-state index contributed by atoms with van der Waals surface area (Å²) in [7, 11) is 0. The lowest BCUT2D eigenvalue weighted by Gasteiger charge is -2.14. The van der Waals surface area contributed by atoms with E-state index in [9.17, 15) is 0 Å². The number of hydrogen-bond acceptors (Lipinski definition) is 2. The van der Waals surface area contributed by atoms with Crippen molar-refractivity contribution >= 4 is 0 Å². The zero-order chi connectivity index (χ0) is 12.1. The summed E-state index contributed by atoms with van der Waals surface area (Å²) in [5, 5.41) is 0. The predicted octanol–water partition coefficient (Wildman–Crippen LogP) is 3.34. The second kappa shape index (κ2) is 6.18. The lowest BCUT2D eigenvalue weighted by Crippen LogP contribution is -2.12. The summed E-state index contributed by atoms with van der Waals surface area (Å²) in [6.07, 6.45) is 6.36. The maximum atomic E-state index is 6.19. The first kappa shape index (κ1) is 12.6. The first-order valence-corrected chi connectivity index (χ1v) is 6.69. The van der Waals surface area contributed by atoms with E-state index in [2.05, 4.69) is 31.2 Å². The summed E-state index contributed by atoms with van der Waals surface area (Å²) in [4.78, 5) is 0. The second-order valence-corrected chi connectivity index (χ2v) is 5.08. The summed E-state index contributed by atoms with van der Waals surface area (Å²) in [6, 6.07) is 8.74. The standard InChI is InChI=1S/C15H23NO/c1-12-7-9-13(10-8-12)15(16)6-2-4-14-5-3-11-17-14/h7-10,14-15H,2-6,11,16H2,1H3. The molecule has 0 radical (unpaired) electrons. The van der Waals surface area contributed by atoms with Crippen LogP contribution in [0.25, 0.3) is 0 Å². The van der Waals surface area contributed by atoms with E-state index >= 15 is 0 Å². The van der Waals surface area contributed by atoms with Gasteiger partial charge in [0.15, 0.2) is 0 Å². The van der Waals surface area contributed by atoms with Gasteiger partial charge < -0.3 is 10.5 Å². The molecule has 1 heterocycles. The highest BCUT2D eigenvalue weighted by molar-refractivity contribution is 5.23. The second-order valence-electron chi connectivity index (χ2n) is 5.08. The number of hydrogen-bond donors (Lipinski definition) is 1. The Kier molecular flexibility index (Phi) is 4.57. The van der Waals surface area contributed by atoms with Crippen molar-refractivity contribution in [3.8, 4) is 0 Å². The van der Waals surface area contributed by atoms with Crippen molar-refractivity contribution in [2.75, 3.05) is 6.61 Å². The first-order chi connectivity index (χ1) is 8.25. The van der Waals surface area contributed by atoms with Crippen LogP contribution in [-0.4, -0.2) is 12.7 Å². The van der Waals surface area contributed by atoms with E-state index in [1.54, 1.807) is 0 Å². The van der Waals surface area contributed by atoms with Crippen molar-refractivity contribution in [2.45, 2.75) is 51.2 Å². The fraction of sp³-hybridized carbons (Fsp3) is 0.600. The Balaban J connectivity index is 1.72. The molecule has 1 aliphatic rings. The van der Waals surface area contributed by atoms with Crippen LogP contribution in [0.4, 0.5) is 0 Å². The molecule has 2 rings (SSSR count). The molecule has 1 saturated heterocycles. The fourth-order valence-corrected chi connectivity index (χ4v) is 2.42. The van der Waals surface area contributed by atoms with Crippen LogP contribution in [0.1, 0.15) is 49.3 Å². The number of ether oxygens (including phenoxy) is 1. The predicted molar refractivity (Wildman–Crippen MR) is 70.9 cm³/mol. The normalized spacial score (nSPS) is 21.6. The van der Waals surface area contributed by atoms with E-state index < -0.39 is 0 Å². The van der Waals surface area contributed by atoms with Gasteiger partial charge in [-0.3, -0.25) is 0 Å². The van der Waals surface area contributed by atoms with Gasteiger partial charge in [0, 0.05) is 12.6 Å². The van der Waals surface area contributed by atoms with E-state index in [1.807, 2.05) is 0 Å². The zero-order valence-electron chi connectivity index (χ0n) is 10.7. The summed E-state index contributed by atoms with van der Waals surface area (Å²) in [6.45, 7) is 3.06. The van der Waals surface area contributed by atoms with Crippen LogP contribution in [0.5, 0.6) is 0 Å². The molecule has 1 fully saturated rings. The Morgan fingerprint density at radius 2 is 2.12 bits per heavy atom. The smallest absolute Gasteiger partial charge is 0.0576 e. The zero-order valence-corrected chi connectivity index (χ0v) is 10.7.